The Morgan fingerprint density at radius 2 is 1.71 bits per heavy atom. The molecule has 1 N–H and O–H groups in total. The summed E-state index contributed by atoms with van der Waals surface area (Å²) in [4.78, 5) is 11.4. The molecule has 2 nitrogen and oxygen atoms in total. The highest BCUT2D eigenvalue weighted by Gasteiger charge is 2.30. The van der Waals surface area contributed by atoms with E-state index in [1.54, 1.807) is 18.2 Å². The van der Waals surface area contributed by atoms with Crippen LogP contribution in [-0.2, 0) is 4.79 Å². The summed E-state index contributed by atoms with van der Waals surface area (Å²) in [6.07, 6.45) is 1.57. The highest BCUT2D eigenvalue weighted by Crippen LogP contribution is 2.38. The van der Waals surface area contributed by atoms with E-state index in [0.29, 0.717) is 15.6 Å². The second kappa shape index (κ2) is 6.27. The number of halogens is 2. The standard InChI is InChI=1S/C13H16Cl2O2/c1-3-8(4-2)11(13(16)17)12-9(14)6-5-7-10(12)15/h5-8,11H,3-4H2,1-2H3,(H,16,17). The summed E-state index contributed by atoms with van der Waals surface area (Å²) >= 11 is 12.2. The van der Waals surface area contributed by atoms with E-state index in [1.807, 2.05) is 13.8 Å². The zero-order valence-corrected chi connectivity index (χ0v) is 11.4. The lowest BCUT2D eigenvalue weighted by Gasteiger charge is -2.23. The monoisotopic (exact) mass is 274 g/mol. The summed E-state index contributed by atoms with van der Waals surface area (Å²) < 4.78 is 0. The maximum absolute atomic E-state index is 11.4. The number of carboxylic acids is 1. The van der Waals surface area contributed by atoms with E-state index in [2.05, 4.69) is 0 Å². The minimum Gasteiger partial charge on any atom is -0.481 e. The Morgan fingerprint density at radius 1 is 1.24 bits per heavy atom. The Labute approximate surface area is 112 Å². The molecule has 0 aliphatic heterocycles. The van der Waals surface area contributed by atoms with Crippen molar-refractivity contribution in [2.75, 3.05) is 0 Å². The van der Waals surface area contributed by atoms with Crippen LogP contribution in [0.4, 0.5) is 0 Å². The molecular weight excluding hydrogens is 259 g/mol. The molecule has 1 atom stereocenters. The lowest BCUT2D eigenvalue weighted by molar-refractivity contribution is -0.140. The molecule has 1 rings (SSSR count). The van der Waals surface area contributed by atoms with Gasteiger partial charge in [0.25, 0.3) is 0 Å². The first-order chi connectivity index (χ1) is 8.02. The average molecular weight is 275 g/mol. The first-order valence-corrected chi connectivity index (χ1v) is 6.45. The Bertz CT molecular complexity index is 380. The van der Waals surface area contributed by atoms with E-state index in [0.717, 1.165) is 12.8 Å². The van der Waals surface area contributed by atoms with Crippen molar-refractivity contribution in [2.45, 2.75) is 32.6 Å². The molecular formula is C13H16Cl2O2. The number of aliphatic carboxylic acids is 1. The van der Waals surface area contributed by atoms with Crippen LogP contribution in [0.1, 0.15) is 38.2 Å². The predicted molar refractivity (Wildman–Crippen MR) is 70.9 cm³/mol. The number of carboxylic acid groups (broad SMARTS) is 1. The van der Waals surface area contributed by atoms with Gasteiger partial charge in [0.2, 0.25) is 0 Å². The molecule has 1 aromatic carbocycles. The number of benzene rings is 1. The van der Waals surface area contributed by atoms with Gasteiger partial charge < -0.3 is 5.11 Å². The van der Waals surface area contributed by atoms with Crippen LogP contribution in [0.25, 0.3) is 0 Å². The van der Waals surface area contributed by atoms with Gasteiger partial charge in [-0.3, -0.25) is 4.79 Å². The molecule has 0 aromatic heterocycles. The lowest BCUT2D eigenvalue weighted by Crippen LogP contribution is -2.21. The van der Waals surface area contributed by atoms with Crippen LogP contribution in [0, 0.1) is 5.92 Å². The van der Waals surface area contributed by atoms with Crippen LogP contribution in [0.3, 0.4) is 0 Å². The molecule has 0 spiro atoms. The largest absolute Gasteiger partial charge is 0.481 e. The first kappa shape index (κ1) is 14.3. The second-order valence-electron chi connectivity index (χ2n) is 4.03. The summed E-state index contributed by atoms with van der Waals surface area (Å²) in [5, 5.41) is 10.2. The fraction of sp³-hybridized carbons (Fsp3) is 0.462. The van der Waals surface area contributed by atoms with Crippen molar-refractivity contribution in [1.29, 1.82) is 0 Å². The Morgan fingerprint density at radius 3 is 2.06 bits per heavy atom. The van der Waals surface area contributed by atoms with Crippen molar-refractivity contribution >= 4 is 29.2 Å². The van der Waals surface area contributed by atoms with Gasteiger partial charge in [-0.25, -0.2) is 0 Å². The van der Waals surface area contributed by atoms with Gasteiger partial charge in [0.1, 0.15) is 0 Å². The molecule has 94 valence electrons. The normalized spacial score (nSPS) is 12.8. The number of hydrogen-bond acceptors (Lipinski definition) is 1. The molecule has 1 unspecified atom stereocenters. The predicted octanol–water partition coefficient (Wildman–Crippen LogP) is 4.60. The third kappa shape index (κ3) is 3.14. The highest BCUT2D eigenvalue weighted by molar-refractivity contribution is 6.36. The molecule has 4 heteroatoms. The minimum atomic E-state index is -0.867. The Hall–Kier alpha value is -0.730. The van der Waals surface area contributed by atoms with E-state index in [4.69, 9.17) is 23.2 Å². The van der Waals surface area contributed by atoms with E-state index in [-0.39, 0.29) is 5.92 Å². The Balaban J connectivity index is 3.27. The van der Waals surface area contributed by atoms with Gasteiger partial charge in [0.15, 0.2) is 0 Å². The fourth-order valence-electron chi connectivity index (χ4n) is 2.13. The van der Waals surface area contributed by atoms with Gasteiger partial charge in [0.05, 0.1) is 5.92 Å². The van der Waals surface area contributed by atoms with E-state index >= 15 is 0 Å². The quantitative estimate of drug-likeness (QED) is 0.852. The van der Waals surface area contributed by atoms with Crippen LogP contribution in [0.2, 0.25) is 10.0 Å². The molecule has 0 saturated carbocycles. The minimum absolute atomic E-state index is 0.0462. The van der Waals surface area contributed by atoms with Crippen LogP contribution in [0.15, 0.2) is 18.2 Å². The van der Waals surface area contributed by atoms with Crippen molar-refractivity contribution in [3.63, 3.8) is 0 Å². The maximum Gasteiger partial charge on any atom is 0.311 e. The van der Waals surface area contributed by atoms with Crippen molar-refractivity contribution in [2.24, 2.45) is 5.92 Å². The van der Waals surface area contributed by atoms with Gasteiger partial charge in [-0.1, -0.05) is 56.0 Å². The topological polar surface area (TPSA) is 37.3 Å². The molecule has 1 aromatic rings. The summed E-state index contributed by atoms with van der Waals surface area (Å²) in [6, 6.07) is 5.09. The lowest BCUT2D eigenvalue weighted by atomic mass is 9.82. The number of carbonyl (C=O) groups is 1. The molecule has 0 aliphatic carbocycles. The third-order valence-corrected chi connectivity index (χ3v) is 3.76. The molecule has 0 bridgehead atoms. The van der Waals surface area contributed by atoms with E-state index in [1.165, 1.54) is 0 Å². The Kier molecular flexibility index (Phi) is 5.29. The molecule has 0 amide bonds. The third-order valence-electron chi connectivity index (χ3n) is 3.10. The van der Waals surface area contributed by atoms with Gasteiger partial charge in [-0.05, 0) is 18.1 Å². The molecule has 0 aliphatic rings. The van der Waals surface area contributed by atoms with Crippen LogP contribution >= 0.6 is 23.2 Å². The van der Waals surface area contributed by atoms with Gasteiger partial charge in [0, 0.05) is 15.6 Å². The zero-order valence-electron chi connectivity index (χ0n) is 9.91. The molecule has 0 saturated heterocycles. The molecule has 0 fully saturated rings. The number of hydrogen-bond donors (Lipinski definition) is 1. The molecule has 0 heterocycles. The summed E-state index contributed by atoms with van der Waals surface area (Å²) in [6.45, 7) is 3.96. The van der Waals surface area contributed by atoms with Crippen molar-refractivity contribution in [3.8, 4) is 0 Å². The SMILES string of the molecule is CCC(CC)C(C(=O)O)c1c(Cl)cccc1Cl. The molecule has 17 heavy (non-hydrogen) atoms. The van der Waals surface area contributed by atoms with Gasteiger partial charge in [-0.2, -0.15) is 0 Å². The fourth-order valence-corrected chi connectivity index (χ4v) is 2.76. The number of rotatable bonds is 5. The first-order valence-electron chi connectivity index (χ1n) is 5.69. The summed E-state index contributed by atoms with van der Waals surface area (Å²) in [5.41, 5.74) is 0.539. The molecule has 0 radical (unpaired) electrons. The zero-order chi connectivity index (χ0) is 13.0. The van der Waals surface area contributed by atoms with Crippen molar-refractivity contribution < 1.29 is 9.90 Å². The van der Waals surface area contributed by atoms with Crippen LogP contribution < -0.4 is 0 Å². The second-order valence-corrected chi connectivity index (χ2v) is 4.84. The van der Waals surface area contributed by atoms with Gasteiger partial charge >= 0.3 is 5.97 Å². The van der Waals surface area contributed by atoms with Crippen molar-refractivity contribution in [3.05, 3.63) is 33.8 Å². The summed E-state index contributed by atoms with van der Waals surface area (Å²) in [5.74, 6) is -1.45. The van der Waals surface area contributed by atoms with E-state index < -0.39 is 11.9 Å². The van der Waals surface area contributed by atoms with Crippen LogP contribution in [0.5, 0.6) is 0 Å². The van der Waals surface area contributed by atoms with E-state index in [9.17, 15) is 9.90 Å². The summed E-state index contributed by atoms with van der Waals surface area (Å²) in [7, 11) is 0. The average Bonchev–Trinajstić information content (AvgIpc) is 2.27. The van der Waals surface area contributed by atoms with Crippen LogP contribution in [-0.4, -0.2) is 11.1 Å². The maximum atomic E-state index is 11.4. The highest BCUT2D eigenvalue weighted by atomic mass is 35.5. The smallest absolute Gasteiger partial charge is 0.311 e. The van der Waals surface area contributed by atoms with Crippen molar-refractivity contribution in [1.82, 2.24) is 0 Å². The van der Waals surface area contributed by atoms with Gasteiger partial charge in [-0.15, -0.1) is 0 Å².